The molecular formula is C21H25N5O3S. The van der Waals surface area contributed by atoms with E-state index in [-0.39, 0.29) is 24.8 Å². The van der Waals surface area contributed by atoms with Gasteiger partial charge in [0.1, 0.15) is 10.5 Å². The van der Waals surface area contributed by atoms with Gasteiger partial charge in [0.25, 0.3) is 5.91 Å². The van der Waals surface area contributed by atoms with Crippen molar-refractivity contribution in [2.75, 3.05) is 11.9 Å². The van der Waals surface area contributed by atoms with E-state index in [0.717, 1.165) is 28.3 Å². The van der Waals surface area contributed by atoms with Crippen LogP contribution in [0.5, 0.6) is 0 Å². The number of rotatable bonds is 6. The Morgan fingerprint density at radius 2 is 1.90 bits per heavy atom. The maximum Gasteiger partial charge on any atom is 0.325 e. The Morgan fingerprint density at radius 3 is 2.57 bits per heavy atom. The predicted octanol–water partition coefficient (Wildman–Crippen LogP) is 3.52. The van der Waals surface area contributed by atoms with E-state index in [0.29, 0.717) is 23.9 Å². The van der Waals surface area contributed by atoms with Crippen LogP contribution in [-0.4, -0.2) is 45.0 Å². The van der Waals surface area contributed by atoms with Crippen LogP contribution in [0.1, 0.15) is 57.4 Å². The summed E-state index contributed by atoms with van der Waals surface area (Å²) in [6.07, 6.45) is 3.23. The molecule has 0 bridgehead atoms. The van der Waals surface area contributed by atoms with Gasteiger partial charge in [0.15, 0.2) is 0 Å². The van der Waals surface area contributed by atoms with Crippen molar-refractivity contribution in [3.05, 3.63) is 29.8 Å². The van der Waals surface area contributed by atoms with E-state index in [4.69, 9.17) is 0 Å². The van der Waals surface area contributed by atoms with Crippen molar-refractivity contribution in [1.82, 2.24) is 20.4 Å². The van der Waals surface area contributed by atoms with Gasteiger partial charge in [-0.3, -0.25) is 14.5 Å². The summed E-state index contributed by atoms with van der Waals surface area (Å²) in [5, 5.41) is 14.8. The molecule has 0 atom stereocenters. The second kappa shape index (κ2) is 8.14. The number of hydrogen-bond acceptors (Lipinski definition) is 6. The number of hydrogen-bond donors (Lipinski definition) is 2. The topological polar surface area (TPSA) is 104 Å². The van der Waals surface area contributed by atoms with Gasteiger partial charge >= 0.3 is 6.03 Å². The van der Waals surface area contributed by atoms with E-state index in [9.17, 15) is 14.4 Å². The zero-order valence-electron chi connectivity index (χ0n) is 17.1. The maximum absolute atomic E-state index is 12.6. The molecule has 1 aliphatic heterocycles. The van der Waals surface area contributed by atoms with Crippen LogP contribution in [-0.2, 0) is 9.59 Å². The maximum atomic E-state index is 12.6. The molecule has 0 radical (unpaired) electrons. The normalized spacial score (nSPS) is 17.8. The minimum absolute atomic E-state index is 0.0211. The molecule has 30 heavy (non-hydrogen) atoms. The van der Waals surface area contributed by atoms with Crippen LogP contribution >= 0.6 is 11.3 Å². The lowest BCUT2D eigenvalue weighted by molar-refractivity contribution is -0.131. The number of carbonyl (C=O) groups excluding carboxylic acids is 3. The molecule has 1 saturated heterocycles. The number of urea groups is 1. The second-order valence-corrected chi connectivity index (χ2v) is 9.14. The van der Waals surface area contributed by atoms with Gasteiger partial charge in [-0.05, 0) is 24.3 Å². The number of nitrogens with zero attached hydrogens (tertiary/aromatic N) is 3. The van der Waals surface area contributed by atoms with Gasteiger partial charge in [-0.25, -0.2) is 4.79 Å². The highest BCUT2D eigenvalue weighted by molar-refractivity contribution is 7.18. The van der Waals surface area contributed by atoms with Gasteiger partial charge in [-0.15, -0.1) is 10.2 Å². The Labute approximate surface area is 179 Å². The molecule has 2 aromatic rings. The highest BCUT2D eigenvalue weighted by atomic mass is 32.1. The minimum atomic E-state index is -0.743. The highest BCUT2D eigenvalue weighted by Gasteiger charge is 2.52. The van der Waals surface area contributed by atoms with E-state index in [1.165, 1.54) is 16.9 Å². The Hall–Kier alpha value is -2.81. The Kier molecular flexibility index (Phi) is 5.55. The molecule has 1 aliphatic carbocycles. The smallest absolute Gasteiger partial charge is 0.323 e. The third-order valence-electron chi connectivity index (χ3n) is 5.76. The van der Waals surface area contributed by atoms with E-state index in [1.807, 2.05) is 12.1 Å². The van der Waals surface area contributed by atoms with E-state index < -0.39 is 11.6 Å². The largest absolute Gasteiger partial charge is 0.325 e. The molecule has 8 nitrogen and oxygen atoms in total. The summed E-state index contributed by atoms with van der Waals surface area (Å²) in [6, 6.07) is 7.72. The van der Waals surface area contributed by atoms with E-state index >= 15 is 0 Å². The van der Waals surface area contributed by atoms with Crippen molar-refractivity contribution in [2.45, 2.75) is 57.4 Å². The van der Waals surface area contributed by atoms with Gasteiger partial charge in [-0.1, -0.05) is 62.3 Å². The number of anilines is 1. The van der Waals surface area contributed by atoms with Crippen molar-refractivity contribution in [1.29, 1.82) is 0 Å². The summed E-state index contributed by atoms with van der Waals surface area (Å²) in [5.41, 5.74) is 1.45. The first-order chi connectivity index (χ1) is 14.4. The number of carbonyl (C=O) groups is 3. The quantitative estimate of drug-likeness (QED) is 0.687. The van der Waals surface area contributed by atoms with Crippen molar-refractivity contribution >= 4 is 34.3 Å². The molecule has 9 heteroatoms. The van der Waals surface area contributed by atoms with Crippen molar-refractivity contribution in [3.63, 3.8) is 0 Å². The fraction of sp³-hybridized carbons (Fsp3) is 0.476. The highest BCUT2D eigenvalue weighted by Crippen LogP contribution is 2.35. The first-order valence-corrected chi connectivity index (χ1v) is 11.1. The van der Waals surface area contributed by atoms with Crippen LogP contribution in [0.4, 0.5) is 9.93 Å². The fourth-order valence-corrected chi connectivity index (χ4v) is 4.76. The third-order valence-corrected chi connectivity index (χ3v) is 6.65. The minimum Gasteiger partial charge on any atom is -0.323 e. The molecule has 1 aromatic carbocycles. The molecule has 2 aliphatic rings. The first-order valence-electron chi connectivity index (χ1n) is 10.3. The Bertz CT molecular complexity index is 963. The molecule has 1 saturated carbocycles. The average Bonchev–Trinajstić information content (AvgIpc) is 3.43. The molecule has 1 aromatic heterocycles. The van der Waals surface area contributed by atoms with Crippen LogP contribution in [0.3, 0.4) is 0 Å². The van der Waals surface area contributed by atoms with Crippen LogP contribution in [0.2, 0.25) is 0 Å². The lowest BCUT2D eigenvalue weighted by Gasteiger charge is -2.19. The molecule has 4 rings (SSSR count). The average molecular weight is 428 g/mol. The van der Waals surface area contributed by atoms with Gasteiger partial charge < -0.3 is 10.6 Å². The third kappa shape index (κ3) is 3.94. The molecule has 2 N–H and O–H groups in total. The van der Waals surface area contributed by atoms with Crippen molar-refractivity contribution < 1.29 is 14.4 Å². The molecule has 1 spiro atoms. The van der Waals surface area contributed by atoms with Crippen LogP contribution in [0.25, 0.3) is 10.6 Å². The zero-order valence-corrected chi connectivity index (χ0v) is 17.9. The number of nitrogens with one attached hydrogen (secondary N) is 2. The Balaban J connectivity index is 1.33. The van der Waals surface area contributed by atoms with Crippen LogP contribution < -0.4 is 10.6 Å². The zero-order chi connectivity index (χ0) is 21.3. The van der Waals surface area contributed by atoms with Crippen LogP contribution in [0, 0.1) is 0 Å². The van der Waals surface area contributed by atoms with Gasteiger partial charge in [0, 0.05) is 18.5 Å². The van der Waals surface area contributed by atoms with Crippen molar-refractivity contribution in [3.8, 4) is 10.6 Å². The molecule has 0 unspecified atom stereocenters. The standard InChI is InChI=1S/C21H25N5O3S/c1-13(2)14-5-7-15(8-6-14)17-24-25-19(30-17)22-16(27)9-12-26-18(28)21(23-20(26)29)10-3-4-11-21/h5-8,13H,3-4,9-12H2,1-2H3,(H,23,29)(H,22,25,27). The first kappa shape index (κ1) is 20.5. The summed E-state index contributed by atoms with van der Waals surface area (Å²) in [6.45, 7) is 4.33. The van der Waals surface area contributed by atoms with Gasteiger partial charge in [0.05, 0.1) is 0 Å². The summed E-state index contributed by atoms with van der Waals surface area (Å²) in [4.78, 5) is 38.3. The molecule has 2 heterocycles. The monoisotopic (exact) mass is 427 g/mol. The van der Waals surface area contributed by atoms with Gasteiger partial charge in [0.2, 0.25) is 11.0 Å². The number of benzene rings is 1. The number of amides is 4. The molecule has 2 fully saturated rings. The SMILES string of the molecule is CC(C)c1ccc(-c2nnc(NC(=O)CCN3C(=O)NC4(CCCC4)C3=O)s2)cc1. The van der Waals surface area contributed by atoms with Gasteiger partial charge in [-0.2, -0.15) is 0 Å². The number of aromatic nitrogens is 2. The summed E-state index contributed by atoms with van der Waals surface area (Å²) < 4.78 is 0. The van der Waals surface area contributed by atoms with E-state index in [2.05, 4.69) is 46.8 Å². The van der Waals surface area contributed by atoms with Crippen LogP contribution in [0.15, 0.2) is 24.3 Å². The second-order valence-electron chi connectivity index (χ2n) is 8.16. The van der Waals surface area contributed by atoms with E-state index in [1.54, 1.807) is 0 Å². The summed E-state index contributed by atoms with van der Waals surface area (Å²) >= 11 is 1.29. The molecule has 4 amide bonds. The lowest BCUT2D eigenvalue weighted by Crippen LogP contribution is -2.44. The molecule has 158 valence electrons. The predicted molar refractivity (Wildman–Crippen MR) is 114 cm³/mol. The number of imide groups is 1. The Morgan fingerprint density at radius 1 is 1.20 bits per heavy atom. The lowest BCUT2D eigenvalue weighted by atomic mass is 9.98. The summed E-state index contributed by atoms with van der Waals surface area (Å²) in [5.74, 6) is -0.0573. The van der Waals surface area contributed by atoms with Crippen molar-refractivity contribution in [2.24, 2.45) is 0 Å². The molecular weight excluding hydrogens is 402 g/mol. The fourth-order valence-electron chi connectivity index (χ4n) is 3.99. The summed E-state index contributed by atoms with van der Waals surface area (Å²) in [7, 11) is 0.